The summed E-state index contributed by atoms with van der Waals surface area (Å²) in [7, 11) is 0. The van der Waals surface area contributed by atoms with Crippen molar-refractivity contribution in [3.05, 3.63) is 63.8 Å². The van der Waals surface area contributed by atoms with Crippen molar-refractivity contribution in [3.63, 3.8) is 0 Å². The van der Waals surface area contributed by atoms with Gasteiger partial charge in [0.1, 0.15) is 10.4 Å². The predicted octanol–water partition coefficient (Wildman–Crippen LogP) is 5.00. The maximum atomic E-state index is 12.3. The lowest BCUT2D eigenvalue weighted by Crippen LogP contribution is -2.24. The van der Waals surface area contributed by atoms with Crippen LogP contribution in [0.25, 0.3) is 32.1 Å². The first-order chi connectivity index (χ1) is 13.1. The number of H-pyrrole nitrogens is 1. The molecule has 2 aromatic heterocycles. The van der Waals surface area contributed by atoms with Crippen molar-refractivity contribution in [1.82, 2.24) is 10.3 Å². The Morgan fingerprint density at radius 3 is 2.67 bits per heavy atom. The first-order valence-corrected chi connectivity index (χ1v) is 10.0. The summed E-state index contributed by atoms with van der Waals surface area (Å²) in [5.74, 6) is 0.215. The Morgan fingerprint density at radius 2 is 1.93 bits per heavy atom. The Labute approximate surface area is 161 Å². The van der Waals surface area contributed by atoms with Crippen LogP contribution in [0.5, 0.6) is 5.75 Å². The van der Waals surface area contributed by atoms with E-state index in [1.807, 2.05) is 23.6 Å². The van der Waals surface area contributed by atoms with Crippen molar-refractivity contribution < 1.29 is 5.11 Å². The fourth-order valence-electron chi connectivity index (χ4n) is 3.35. The van der Waals surface area contributed by atoms with Crippen LogP contribution in [-0.2, 0) is 6.54 Å². The van der Waals surface area contributed by atoms with Gasteiger partial charge in [-0.2, -0.15) is 0 Å². The smallest absolute Gasteiger partial charge is 0.266 e. The third-order valence-electron chi connectivity index (χ3n) is 5.08. The normalized spacial score (nSPS) is 12.7. The van der Waals surface area contributed by atoms with Crippen LogP contribution in [0.15, 0.2) is 52.6 Å². The van der Waals surface area contributed by atoms with E-state index in [9.17, 15) is 9.90 Å². The van der Waals surface area contributed by atoms with Crippen molar-refractivity contribution in [1.29, 1.82) is 0 Å². The van der Waals surface area contributed by atoms with E-state index >= 15 is 0 Å². The lowest BCUT2D eigenvalue weighted by atomic mass is 9.96. The molecule has 0 aliphatic heterocycles. The lowest BCUT2D eigenvalue weighted by molar-refractivity contribution is 0.478. The number of benzene rings is 2. The summed E-state index contributed by atoms with van der Waals surface area (Å²) >= 11 is 1.42. The molecule has 0 fully saturated rings. The number of aromatic hydroxyl groups is 1. The summed E-state index contributed by atoms with van der Waals surface area (Å²) in [5.41, 5.74) is 3.54. The van der Waals surface area contributed by atoms with Gasteiger partial charge in [-0.25, -0.2) is 0 Å². The number of nitrogens with one attached hydrogen (secondary N) is 2. The van der Waals surface area contributed by atoms with Crippen LogP contribution in [0.4, 0.5) is 0 Å². The van der Waals surface area contributed by atoms with Crippen molar-refractivity contribution in [3.8, 4) is 16.9 Å². The molecule has 5 heteroatoms. The number of hydrogen-bond acceptors (Lipinski definition) is 4. The second-order valence-electron chi connectivity index (χ2n) is 6.89. The second kappa shape index (κ2) is 7.18. The lowest BCUT2D eigenvalue weighted by Gasteiger charge is -2.13. The van der Waals surface area contributed by atoms with Gasteiger partial charge in [0.05, 0.1) is 0 Å². The molecule has 4 nitrogen and oxygen atoms in total. The Balaban J connectivity index is 1.83. The van der Waals surface area contributed by atoms with Gasteiger partial charge >= 0.3 is 0 Å². The summed E-state index contributed by atoms with van der Waals surface area (Å²) in [6.45, 7) is 5.16. The molecule has 3 N–H and O–H groups in total. The number of aromatic amines is 1. The highest BCUT2D eigenvalue weighted by Crippen LogP contribution is 2.39. The molecule has 2 aromatic carbocycles. The SMILES string of the molecule is CCC(C)NCc1ccc(-c2c(O)ccc3[nH]c(=O)c4sccc4c23)cc1. The minimum Gasteiger partial charge on any atom is -0.507 e. The van der Waals surface area contributed by atoms with Crippen LogP contribution in [0, 0.1) is 0 Å². The Morgan fingerprint density at radius 1 is 1.15 bits per heavy atom. The molecule has 138 valence electrons. The zero-order chi connectivity index (χ0) is 19.0. The monoisotopic (exact) mass is 378 g/mol. The van der Waals surface area contributed by atoms with Crippen LogP contribution in [0.1, 0.15) is 25.8 Å². The molecular weight excluding hydrogens is 356 g/mol. The summed E-state index contributed by atoms with van der Waals surface area (Å²) in [6.07, 6.45) is 1.09. The van der Waals surface area contributed by atoms with Crippen LogP contribution in [0.3, 0.4) is 0 Å². The molecule has 0 bridgehead atoms. The van der Waals surface area contributed by atoms with Gasteiger partial charge in [0.2, 0.25) is 0 Å². The minimum atomic E-state index is -0.0874. The van der Waals surface area contributed by atoms with Gasteiger partial charge in [-0.05, 0) is 48.1 Å². The number of phenols is 1. The standard InChI is InChI=1S/C22H22N2O2S/c1-3-13(2)23-12-14-4-6-15(7-5-14)19-18(25)9-8-17-20(19)16-10-11-27-21(16)22(26)24-17/h4-11,13,23,25H,3,12H2,1-2H3,(H,24,26). The average Bonchev–Trinajstić information content (AvgIpc) is 3.18. The molecule has 27 heavy (non-hydrogen) atoms. The van der Waals surface area contributed by atoms with E-state index in [1.165, 1.54) is 16.9 Å². The largest absolute Gasteiger partial charge is 0.507 e. The molecule has 4 aromatic rings. The molecule has 0 aliphatic carbocycles. The van der Waals surface area contributed by atoms with Gasteiger partial charge in [0.15, 0.2) is 0 Å². The Kier molecular flexibility index (Phi) is 4.72. The van der Waals surface area contributed by atoms with Crippen LogP contribution in [0.2, 0.25) is 0 Å². The topological polar surface area (TPSA) is 65.1 Å². The molecule has 0 spiro atoms. The van der Waals surface area contributed by atoms with Gasteiger partial charge in [-0.3, -0.25) is 4.79 Å². The summed E-state index contributed by atoms with van der Waals surface area (Å²) < 4.78 is 0.684. The van der Waals surface area contributed by atoms with E-state index < -0.39 is 0 Å². The maximum Gasteiger partial charge on any atom is 0.266 e. The average molecular weight is 378 g/mol. The summed E-state index contributed by atoms with van der Waals surface area (Å²) in [5, 5.41) is 17.8. The fourth-order valence-corrected chi connectivity index (χ4v) is 4.15. The van der Waals surface area contributed by atoms with E-state index in [2.05, 4.69) is 36.3 Å². The van der Waals surface area contributed by atoms with Crippen molar-refractivity contribution in [2.24, 2.45) is 0 Å². The van der Waals surface area contributed by atoms with E-state index in [-0.39, 0.29) is 11.3 Å². The van der Waals surface area contributed by atoms with Crippen molar-refractivity contribution in [2.45, 2.75) is 32.9 Å². The highest BCUT2D eigenvalue weighted by Gasteiger charge is 2.15. The molecule has 2 heterocycles. The third kappa shape index (κ3) is 3.24. The molecular formula is C22H22N2O2S. The number of hydrogen-bond donors (Lipinski definition) is 3. The van der Waals surface area contributed by atoms with E-state index in [4.69, 9.17) is 0 Å². The molecule has 0 aliphatic rings. The van der Waals surface area contributed by atoms with Gasteiger partial charge in [-0.15, -0.1) is 11.3 Å². The van der Waals surface area contributed by atoms with E-state index in [0.717, 1.165) is 40.4 Å². The van der Waals surface area contributed by atoms with Gasteiger partial charge in [0, 0.05) is 34.4 Å². The molecule has 4 rings (SSSR count). The highest BCUT2D eigenvalue weighted by atomic mass is 32.1. The zero-order valence-corrected chi connectivity index (χ0v) is 16.2. The first kappa shape index (κ1) is 17.8. The van der Waals surface area contributed by atoms with Crippen LogP contribution in [-0.4, -0.2) is 16.1 Å². The molecule has 1 atom stereocenters. The Hall–Kier alpha value is -2.63. The maximum absolute atomic E-state index is 12.3. The first-order valence-electron chi connectivity index (χ1n) is 9.16. The zero-order valence-electron chi connectivity index (χ0n) is 15.4. The van der Waals surface area contributed by atoms with Crippen molar-refractivity contribution >= 4 is 32.3 Å². The summed E-state index contributed by atoms with van der Waals surface area (Å²) in [4.78, 5) is 15.2. The molecule has 0 saturated heterocycles. The highest BCUT2D eigenvalue weighted by molar-refractivity contribution is 7.17. The number of aromatic nitrogens is 1. The third-order valence-corrected chi connectivity index (χ3v) is 6.00. The molecule has 0 saturated carbocycles. The number of pyridine rings is 1. The second-order valence-corrected chi connectivity index (χ2v) is 7.80. The van der Waals surface area contributed by atoms with Gasteiger partial charge in [-0.1, -0.05) is 31.2 Å². The van der Waals surface area contributed by atoms with E-state index in [1.54, 1.807) is 12.1 Å². The van der Waals surface area contributed by atoms with Gasteiger partial charge < -0.3 is 15.4 Å². The van der Waals surface area contributed by atoms with Crippen molar-refractivity contribution in [2.75, 3.05) is 0 Å². The Bertz CT molecular complexity index is 1160. The number of fused-ring (bicyclic) bond motifs is 3. The predicted molar refractivity (Wildman–Crippen MR) is 114 cm³/mol. The molecule has 1 unspecified atom stereocenters. The number of rotatable bonds is 5. The fraction of sp³-hybridized carbons (Fsp3) is 0.227. The quantitative estimate of drug-likeness (QED) is 0.458. The van der Waals surface area contributed by atoms with Crippen LogP contribution < -0.4 is 10.9 Å². The van der Waals surface area contributed by atoms with E-state index in [0.29, 0.717) is 10.7 Å². The molecule has 0 amide bonds. The summed E-state index contributed by atoms with van der Waals surface area (Å²) in [6, 6.07) is 14.1. The number of phenolic OH excluding ortho intramolecular Hbond substituents is 1. The number of thiophene rings is 1. The molecule has 0 radical (unpaired) electrons. The minimum absolute atomic E-state index is 0.0874. The van der Waals surface area contributed by atoms with Gasteiger partial charge in [0.25, 0.3) is 5.56 Å². The van der Waals surface area contributed by atoms with Crippen LogP contribution >= 0.6 is 11.3 Å².